The molecule has 0 radical (unpaired) electrons. The van der Waals surface area contributed by atoms with E-state index in [4.69, 9.17) is 0 Å². The molecule has 1 atom stereocenters. The van der Waals surface area contributed by atoms with Crippen molar-refractivity contribution in [2.24, 2.45) is 0 Å². The predicted octanol–water partition coefficient (Wildman–Crippen LogP) is 4.53. The summed E-state index contributed by atoms with van der Waals surface area (Å²) in [6, 6.07) is 18.0. The first-order valence-electron chi connectivity index (χ1n) is 6.82. The number of aromatic nitrogens is 1. The van der Waals surface area contributed by atoms with Crippen LogP contribution in [-0.4, -0.2) is 10.1 Å². The van der Waals surface area contributed by atoms with E-state index in [1.54, 1.807) is 17.5 Å². The normalized spacial score (nSPS) is 12.8. The molecule has 0 spiro atoms. The second kappa shape index (κ2) is 4.95. The van der Waals surface area contributed by atoms with Gasteiger partial charge in [-0.1, -0.05) is 42.5 Å². The molecule has 0 aliphatic rings. The summed E-state index contributed by atoms with van der Waals surface area (Å²) in [4.78, 5) is 4.44. The first kappa shape index (κ1) is 12.5. The Morgan fingerprint density at radius 2 is 1.62 bits per heavy atom. The maximum atomic E-state index is 10.9. The third-order valence-electron chi connectivity index (χ3n) is 3.76. The van der Waals surface area contributed by atoms with Gasteiger partial charge in [0.2, 0.25) is 0 Å². The Kier molecular flexibility index (Phi) is 2.95. The van der Waals surface area contributed by atoms with Crippen LogP contribution in [0.3, 0.4) is 0 Å². The van der Waals surface area contributed by atoms with Crippen LogP contribution in [0.15, 0.2) is 66.2 Å². The molecule has 0 aliphatic heterocycles. The molecule has 0 aliphatic carbocycles. The fraction of sp³-hybridized carbons (Fsp3) is 0.0556. The van der Waals surface area contributed by atoms with Gasteiger partial charge in [-0.2, -0.15) is 0 Å². The maximum Gasteiger partial charge on any atom is 0.108 e. The summed E-state index contributed by atoms with van der Waals surface area (Å²) < 4.78 is 1.14. The van der Waals surface area contributed by atoms with Crippen molar-refractivity contribution in [3.63, 3.8) is 0 Å². The molecule has 4 rings (SSSR count). The number of hydrogen-bond donors (Lipinski definition) is 1. The molecule has 0 amide bonds. The third-order valence-corrected chi connectivity index (χ3v) is 4.74. The average Bonchev–Trinajstić information content (AvgIpc) is 3.02. The summed E-state index contributed by atoms with van der Waals surface area (Å²) in [7, 11) is 0. The Morgan fingerprint density at radius 1 is 0.857 bits per heavy atom. The largest absolute Gasteiger partial charge is 0.384 e. The lowest BCUT2D eigenvalue weighted by molar-refractivity contribution is 0.223. The van der Waals surface area contributed by atoms with E-state index in [1.165, 1.54) is 5.39 Å². The van der Waals surface area contributed by atoms with E-state index >= 15 is 0 Å². The van der Waals surface area contributed by atoms with Crippen molar-refractivity contribution < 1.29 is 5.11 Å². The highest BCUT2D eigenvalue weighted by atomic mass is 32.1. The van der Waals surface area contributed by atoms with Crippen LogP contribution in [0.5, 0.6) is 0 Å². The van der Waals surface area contributed by atoms with Crippen LogP contribution in [0.4, 0.5) is 0 Å². The van der Waals surface area contributed by atoms with Crippen LogP contribution in [0.25, 0.3) is 21.0 Å². The molecule has 2 aromatic carbocycles. The van der Waals surface area contributed by atoms with E-state index in [1.807, 2.05) is 42.5 Å². The first-order chi connectivity index (χ1) is 10.3. The molecule has 3 heteroatoms. The SMILES string of the molecule is OC(c1cccc2cccnc12)c1cccc2ccsc12. The molecule has 1 N–H and O–H groups in total. The minimum Gasteiger partial charge on any atom is -0.384 e. The number of para-hydroxylation sites is 1. The van der Waals surface area contributed by atoms with E-state index in [-0.39, 0.29) is 0 Å². The fourth-order valence-electron chi connectivity index (χ4n) is 2.75. The van der Waals surface area contributed by atoms with Gasteiger partial charge in [0.15, 0.2) is 0 Å². The Balaban J connectivity index is 1.94. The number of hydrogen-bond acceptors (Lipinski definition) is 3. The lowest BCUT2D eigenvalue weighted by Crippen LogP contribution is -2.01. The van der Waals surface area contributed by atoms with Gasteiger partial charge in [0, 0.05) is 27.4 Å². The first-order valence-corrected chi connectivity index (χ1v) is 7.70. The van der Waals surface area contributed by atoms with Crippen molar-refractivity contribution in [3.8, 4) is 0 Å². The van der Waals surface area contributed by atoms with E-state index in [9.17, 15) is 5.11 Å². The molecule has 2 aromatic heterocycles. The monoisotopic (exact) mass is 291 g/mol. The van der Waals surface area contributed by atoms with E-state index < -0.39 is 6.10 Å². The Bertz CT molecular complexity index is 923. The molecular weight excluding hydrogens is 278 g/mol. The van der Waals surface area contributed by atoms with Gasteiger partial charge in [0.05, 0.1) is 5.52 Å². The summed E-state index contributed by atoms with van der Waals surface area (Å²) in [5, 5.41) is 15.2. The molecule has 0 saturated heterocycles. The molecule has 0 saturated carbocycles. The van der Waals surface area contributed by atoms with Crippen molar-refractivity contribution in [2.75, 3.05) is 0 Å². The number of thiophene rings is 1. The zero-order valence-electron chi connectivity index (χ0n) is 11.2. The van der Waals surface area contributed by atoms with Crippen LogP contribution >= 0.6 is 11.3 Å². The molecule has 21 heavy (non-hydrogen) atoms. The second-order valence-electron chi connectivity index (χ2n) is 5.01. The zero-order chi connectivity index (χ0) is 14.2. The van der Waals surface area contributed by atoms with Crippen molar-refractivity contribution in [1.29, 1.82) is 0 Å². The van der Waals surface area contributed by atoms with Gasteiger partial charge in [-0.05, 0) is 22.9 Å². The van der Waals surface area contributed by atoms with Crippen molar-refractivity contribution in [2.45, 2.75) is 6.10 Å². The molecule has 0 fully saturated rings. The number of aliphatic hydroxyl groups is 1. The van der Waals surface area contributed by atoms with E-state index in [0.29, 0.717) is 0 Å². The highest BCUT2D eigenvalue weighted by Gasteiger charge is 2.17. The standard InChI is InChI=1S/C18H13NOS/c20-17(15-8-2-5-13-9-11-21-18(13)15)14-7-1-4-12-6-3-10-19-16(12)14/h1-11,17,20H. The third kappa shape index (κ3) is 2.02. The molecule has 2 heterocycles. The summed E-state index contributed by atoms with van der Waals surface area (Å²) in [6.07, 6.45) is 1.11. The topological polar surface area (TPSA) is 33.1 Å². The highest BCUT2D eigenvalue weighted by Crippen LogP contribution is 2.34. The smallest absolute Gasteiger partial charge is 0.108 e. The molecule has 4 aromatic rings. The number of aliphatic hydroxyl groups excluding tert-OH is 1. The number of rotatable bonds is 2. The summed E-state index contributed by atoms with van der Waals surface area (Å²) >= 11 is 1.66. The summed E-state index contributed by atoms with van der Waals surface area (Å²) in [5.74, 6) is 0. The van der Waals surface area contributed by atoms with Crippen molar-refractivity contribution >= 4 is 32.3 Å². The molecule has 2 nitrogen and oxygen atoms in total. The lowest BCUT2D eigenvalue weighted by Gasteiger charge is -2.14. The highest BCUT2D eigenvalue weighted by molar-refractivity contribution is 7.17. The van der Waals surface area contributed by atoms with E-state index in [2.05, 4.69) is 22.5 Å². The Hall–Kier alpha value is -2.23. The number of benzene rings is 2. The fourth-order valence-corrected chi connectivity index (χ4v) is 3.69. The Morgan fingerprint density at radius 3 is 2.52 bits per heavy atom. The minimum atomic E-state index is -0.661. The van der Waals surface area contributed by atoms with Crippen molar-refractivity contribution in [3.05, 3.63) is 77.3 Å². The van der Waals surface area contributed by atoms with Gasteiger partial charge >= 0.3 is 0 Å². The molecule has 1 unspecified atom stereocenters. The average molecular weight is 291 g/mol. The van der Waals surface area contributed by atoms with Crippen LogP contribution in [0, 0.1) is 0 Å². The lowest BCUT2D eigenvalue weighted by atomic mass is 9.98. The predicted molar refractivity (Wildman–Crippen MR) is 87.6 cm³/mol. The van der Waals surface area contributed by atoms with Crippen LogP contribution < -0.4 is 0 Å². The maximum absolute atomic E-state index is 10.9. The quantitative estimate of drug-likeness (QED) is 0.588. The van der Waals surface area contributed by atoms with Gasteiger partial charge in [-0.25, -0.2) is 0 Å². The van der Waals surface area contributed by atoms with Crippen LogP contribution in [0.1, 0.15) is 17.2 Å². The number of fused-ring (bicyclic) bond motifs is 2. The molecule has 0 bridgehead atoms. The summed E-state index contributed by atoms with van der Waals surface area (Å²) in [6.45, 7) is 0. The number of nitrogens with zero attached hydrogens (tertiary/aromatic N) is 1. The van der Waals surface area contributed by atoms with Gasteiger partial charge in [0.1, 0.15) is 6.10 Å². The van der Waals surface area contributed by atoms with E-state index in [0.717, 1.165) is 26.7 Å². The van der Waals surface area contributed by atoms with Gasteiger partial charge in [-0.15, -0.1) is 11.3 Å². The van der Waals surface area contributed by atoms with Crippen LogP contribution in [0.2, 0.25) is 0 Å². The minimum absolute atomic E-state index is 0.661. The zero-order valence-corrected chi connectivity index (χ0v) is 12.0. The van der Waals surface area contributed by atoms with Gasteiger partial charge in [-0.3, -0.25) is 4.98 Å². The second-order valence-corrected chi connectivity index (χ2v) is 5.93. The Labute approximate surface area is 126 Å². The van der Waals surface area contributed by atoms with Gasteiger partial charge < -0.3 is 5.11 Å². The molecule has 102 valence electrons. The summed E-state index contributed by atoms with van der Waals surface area (Å²) in [5.41, 5.74) is 2.66. The van der Waals surface area contributed by atoms with Crippen molar-refractivity contribution in [1.82, 2.24) is 4.98 Å². The molecular formula is C18H13NOS. The van der Waals surface area contributed by atoms with Gasteiger partial charge in [0.25, 0.3) is 0 Å². The van der Waals surface area contributed by atoms with Crippen LogP contribution in [-0.2, 0) is 0 Å². The number of pyridine rings is 1.